The number of rotatable bonds is 6. The third-order valence-corrected chi connectivity index (χ3v) is 1.82. The summed E-state index contributed by atoms with van der Waals surface area (Å²) in [5, 5.41) is 7.57. The molecule has 0 spiro atoms. The molecule has 0 fully saturated rings. The quantitative estimate of drug-likeness (QED) is 0.341. The predicted octanol–water partition coefficient (Wildman–Crippen LogP) is 2.27. The summed E-state index contributed by atoms with van der Waals surface area (Å²) in [6.07, 6.45) is 2.16. The number of carbonyl (C=O) groups is 2. The molecular weight excluding hydrogens is 243 g/mol. The molecule has 0 heterocycles. The number of carbonyl (C=O) groups excluding carboxylic acids is 1. The summed E-state index contributed by atoms with van der Waals surface area (Å²) in [6.45, 7) is 3.33. The van der Waals surface area contributed by atoms with Crippen molar-refractivity contribution < 1.29 is 19.4 Å². The highest BCUT2D eigenvalue weighted by molar-refractivity contribution is 6.31. The molecule has 0 aliphatic carbocycles. The second-order valence-electron chi connectivity index (χ2n) is 2.59. The van der Waals surface area contributed by atoms with Gasteiger partial charge < -0.3 is 9.84 Å². The maximum absolute atomic E-state index is 11.1. The number of aliphatic carboxylic acids is 1. The Balaban J connectivity index is 3.89. The van der Waals surface area contributed by atoms with E-state index in [0.717, 1.165) is 6.26 Å². The van der Waals surface area contributed by atoms with Crippen molar-refractivity contribution in [1.29, 1.82) is 0 Å². The maximum Gasteiger partial charge on any atom is 0.328 e. The lowest BCUT2D eigenvalue weighted by Gasteiger charge is -2.04. The minimum Gasteiger partial charge on any atom is -0.481 e. The highest BCUT2D eigenvalue weighted by atomic mass is 35.5. The molecule has 0 aromatic carbocycles. The van der Waals surface area contributed by atoms with E-state index in [2.05, 4.69) is 11.3 Å². The van der Waals surface area contributed by atoms with Crippen LogP contribution < -0.4 is 0 Å². The molecule has 0 aliphatic rings. The van der Waals surface area contributed by atoms with Gasteiger partial charge in [-0.1, -0.05) is 18.2 Å². The fourth-order valence-corrected chi connectivity index (χ4v) is 0.829. The number of alkyl halides is 1. The zero-order valence-electron chi connectivity index (χ0n) is 7.78. The molecule has 84 valence electrons. The Morgan fingerprint density at radius 1 is 1.53 bits per heavy atom. The normalized spacial score (nSPS) is 12.4. The molecule has 0 aliphatic heterocycles. The summed E-state index contributed by atoms with van der Waals surface area (Å²) < 4.78 is 4.56. The molecule has 0 amide bonds. The van der Waals surface area contributed by atoms with Crippen LogP contribution in [0.15, 0.2) is 23.9 Å². The standard InChI is InChI=1S/C9H10Cl2O4/c1-6(10)4-5-15-9(14)7(11)2-3-8(12)13/h4-5,7H,1-3H2,(H,12,13). The van der Waals surface area contributed by atoms with Gasteiger partial charge >= 0.3 is 11.9 Å². The van der Waals surface area contributed by atoms with E-state index in [1.807, 2.05) is 0 Å². The van der Waals surface area contributed by atoms with Crippen molar-refractivity contribution in [3.05, 3.63) is 23.9 Å². The molecule has 1 unspecified atom stereocenters. The van der Waals surface area contributed by atoms with Crippen molar-refractivity contribution in [2.45, 2.75) is 18.2 Å². The Morgan fingerprint density at radius 3 is 2.60 bits per heavy atom. The summed E-state index contributed by atoms with van der Waals surface area (Å²) in [4.78, 5) is 21.2. The molecule has 0 aromatic heterocycles. The lowest BCUT2D eigenvalue weighted by atomic mass is 10.2. The van der Waals surface area contributed by atoms with Crippen LogP contribution in [0.25, 0.3) is 0 Å². The number of halogens is 2. The number of esters is 1. The predicted molar refractivity (Wildman–Crippen MR) is 56.7 cm³/mol. The number of hydrogen-bond acceptors (Lipinski definition) is 3. The van der Waals surface area contributed by atoms with Crippen molar-refractivity contribution in [3.63, 3.8) is 0 Å². The van der Waals surface area contributed by atoms with Gasteiger partial charge in [0.25, 0.3) is 0 Å². The molecule has 6 heteroatoms. The molecule has 15 heavy (non-hydrogen) atoms. The highest BCUT2D eigenvalue weighted by Gasteiger charge is 2.17. The van der Waals surface area contributed by atoms with E-state index < -0.39 is 17.3 Å². The van der Waals surface area contributed by atoms with Gasteiger partial charge in [0.05, 0.1) is 6.26 Å². The van der Waals surface area contributed by atoms with Gasteiger partial charge in [0, 0.05) is 11.5 Å². The molecule has 0 bridgehead atoms. The zero-order valence-corrected chi connectivity index (χ0v) is 9.29. The average molecular weight is 253 g/mol. The summed E-state index contributed by atoms with van der Waals surface area (Å²) in [5.74, 6) is -1.73. The van der Waals surface area contributed by atoms with Crippen molar-refractivity contribution in [2.24, 2.45) is 0 Å². The number of allylic oxidation sites excluding steroid dienone is 2. The van der Waals surface area contributed by atoms with E-state index in [9.17, 15) is 9.59 Å². The van der Waals surface area contributed by atoms with Gasteiger partial charge in [0.1, 0.15) is 5.38 Å². The lowest BCUT2D eigenvalue weighted by Crippen LogP contribution is -2.16. The Hall–Kier alpha value is -1.00. The van der Waals surface area contributed by atoms with E-state index in [1.165, 1.54) is 6.08 Å². The van der Waals surface area contributed by atoms with Crippen LogP contribution in [0.5, 0.6) is 0 Å². The molecule has 0 saturated carbocycles. The highest BCUT2D eigenvalue weighted by Crippen LogP contribution is 2.08. The molecule has 0 radical (unpaired) electrons. The fraction of sp³-hybridized carbons (Fsp3) is 0.333. The van der Waals surface area contributed by atoms with E-state index >= 15 is 0 Å². The Kier molecular flexibility index (Phi) is 6.83. The van der Waals surface area contributed by atoms with Gasteiger partial charge in [-0.3, -0.25) is 9.59 Å². The summed E-state index contributed by atoms with van der Waals surface area (Å²) in [6, 6.07) is 0. The van der Waals surface area contributed by atoms with Crippen molar-refractivity contribution in [1.82, 2.24) is 0 Å². The molecule has 4 nitrogen and oxygen atoms in total. The van der Waals surface area contributed by atoms with Crippen molar-refractivity contribution in [3.8, 4) is 0 Å². The summed E-state index contributed by atoms with van der Waals surface area (Å²) >= 11 is 10.9. The number of carboxylic acid groups (broad SMARTS) is 1. The molecular formula is C9H10Cl2O4. The van der Waals surface area contributed by atoms with Gasteiger partial charge in [0.2, 0.25) is 0 Å². The van der Waals surface area contributed by atoms with Crippen molar-refractivity contribution >= 4 is 35.1 Å². The minimum absolute atomic E-state index is 0.0192. The average Bonchev–Trinajstić information content (AvgIpc) is 2.13. The topological polar surface area (TPSA) is 63.6 Å². The second-order valence-corrected chi connectivity index (χ2v) is 3.60. The summed E-state index contributed by atoms with van der Waals surface area (Å²) in [7, 11) is 0. The van der Waals surface area contributed by atoms with Gasteiger partial charge in [-0.2, -0.15) is 0 Å². The van der Waals surface area contributed by atoms with E-state index in [1.54, 1.807) is 0 Å². The zero-order chi connectivity index (χ0) is 11.8. The summed E-state index contributed by atoms with van der Waals surface area (Å²) in [5.41, 5.74) is 0. The molecule has 0 aromatic rings. The Labute approximate surface area is 97.1 Å². The van der Waals surface area contributed by atoms with Crippen molar-refractivity contribution in [2.75, 3.05) is 0 Å². The first-order valence-corrected chi connectivity index (χ1v) is 4.82. The van der Waals surface area contributed by atoms with Gasteiger partial charge in [0.15, 0.2) is 0 Å². The van der Waals surface area contributed by atoms with Crippen LogP contribution in [0.4, 0.5) is 0 Å². The Morgan fingerprint density at radius 2 is 2.13 bits per heavy atom. The first kappa shape index (κ1) is 14.0. The monoisotopic (exact) mass is 252 g/mol. The molecule has 0 rings (SSSR count). The van der Waals surface area contributed by atoms with Crippen LogP contribution in [0.3, 0.4) is 0 Å². The van der Waals surface area contributed by atoms with Gasteiger partial charge in [-0.25, -0.2) is 0 Å². The van der Waals surface area contributed by atoms with Crippen LogP contribution in [-0.2, 0) is 14.3 Å². The minimum atomic E-state index is -1.02. The number of hydrogen-bond donors (Lipinski definition) is 1. The van der Waals surface area contributed by atoms with E-state index in [4.69, 9.17) is 28.3 Å². The SMILES string of the molecule is C=C(Cl)C=COC(=O)C(Cl)CCC(=O)O. The van der Waals surface area contributed by atoms with Crippen LogP contribution in [0.2, 0.25) is 0 Å². The van der Waals surface area contributed by atoms with Crippen LogP contribution in [0, 0.1) is 0 Å². The fourth-order valence-electron chi connectivity index (χ4n) is 0.617. The van der Waals surface area contributed by atoms with E-state index in [-0.39, 0.29) is 17.9 Å². The largest absolute Gasteiger partial charge is 0.481 e. The maximum atomic E-state index is 11.1. The van der Waals surface area contributed by atoms with Crippen LogP contribution >= 0.6 is 23.2 Å². The smallest absolute Gasteiger partial charge is 0.328 e. The molecule has 1 atom stereocenters. The third kappa shape index (κ3) is 8.03. The number of carboxylic acids is 1. The third-order valence-electron chi connectivity index (χ3n) is 1.30. The number of ether oxygens (including phenoxy) is 1. The van der Waals surface area contributed by atoms with Gasteiger partial charge in [-0.05, 0) is 12.5 Å². The molecule has 1 N–H and O–H groups in total. The van der Waals surface area contributed by atoms with Crippen LogP contribution in [-0.4, -0.2) is 22.4 Å². The second kappa shape index (κ2) is 7.31. The first-order valence-electron chi connectivity index (χ1n) is 4.00. The Bertz CT molecular complexity index is 286. The lowest BCUT2D eigenvalue weighted by molar-refractivity contribution is -0.138. The molecule has 0 saturated heterocycles. The van der Waals surface area contributed by atoms with E-state index in [0.29, 0.717) is 0 Å². The van der Waals surface area contributed by atoms with Gasteiger partial charge in [-0.15, -0.1) is 11.6 Å². The van der Waals surface area contributed by atoms with Crippen LogP contribution in [0.1, 0.15) is 12.8 Å². The first-order chi connectivity index (χ1) is 6.93.